The highest BCUT2D eigenvalue weighted by Gasteiger charge is 2.35. The van der Waals surface area contributed by atoms with Gasteiger partial charge in [0.25, 0.3) is 0 Å². The molecule has 0 aromatic rings. The zero-order chi connectivity index (χ0) is 14.3. The van der Waals surface area contributed by atoms with Gasteiger partial charge >= 0.3 is 0 Å². The zero-order valence-electron chi connectivity index (χ0n) is 12.3. The first-order valence-corrected chi connectivity index (χ1v) is 8.01. The van der Waals surface area contributed by atoms with Crippen molar-refractivity contribution in [2.75, 3.05) is 0 Å². The van der Waals surface area contributed by atoms with Crippen molar-refractivity contribution in [2.45, 2.75) is 88.1 Å². The molecule has 4 heteroatoms. The molecule has 0 N–H and O–H groups in total. The highest BCUT2D eigenvalue weighted by Crippen LogP contribution is 2.35. The van der Waals surface area contributed by atoms with E-state index >= 15 is 0 Å². The van der Waals surface area contributed by atoms with Crippen molar-refractivity contribution in [2.24, 2.45) is 10.2 Å². The van der Waals surface area contributed by atoms with Crippen LogP contribution in [-0.4, -0.2) is 11.1 Å². The average Bonchev–Trinajstić information content (AvgIpc) is 2.87. The summed E-state index contributed by atoms with van der Waals surface area (Å²) in [6, 6.07) is 4.77. The summed E-state index contributed by atoms with van der Waals surface area (Å²) >= 11 is 0. The van der Waals surface area contributed by atoms with E-state index in [1.54, 1.807) is 0 Å². The van der Waals surface area contributed by atoms with Gasteiger partial charge in [0, 0.05) is 0 Å². The van der Waals surface area contributed by atoms with Crippen molar-refractivity contribution < 1.29 is 0 Å². The van der Waals surface area contributed by atoms with Gasteiger partial charge < -0.3 is 0 Å². The Bertz CT molecular complexity index is 371. The molecular weight excluding hydrogens is 248 g/mol. The second-order valence-corrected chi connectivity index (χ2v) is 6.32. The molecule has 0 saturated heterocycles. The molecule has 0 aliphatic heterocycles. The Labute approximate surface area is 121 Å². The Hall–Kier alpha value is -1.42. The number of rotatable bonds is 2. The van der Waals surface area contributed by atoms with Gasteiger partial charge in [0.15, 0.2) is 11.1 Å². The molecule has 0 amide bonds. The minimum atomic E-state index is -0.660. The lowest BCUT2D eigenvalue weighted by Gasteiger charge is -2.23. The molecule has 108 valence electrons. The fraction of sp³-hybridized carbons (Fsp3) is 0.875. The molecule has 0 atom stereocenters. The lowest BCUT2D eigenvalue weighted by atomic mass is 9.92. The van der Waals surface area contributed by atoms with Crippen molar-refractivity contribution >= 4 is 0 Å². The molecule has 0 spiro atoms. The molecule has 2 rings (SSSR count). The van der Waals surface area contributed by atoms with Crippen LogP contribution in [0.4, 0.5) is 0 Å². The van der Waals surface area contributed by atoms with Crippen LogP contribution < -0.4 is 0 Å². The monoisotopic (exact) mass is 272 g/mol. The van der Waals surface area contributed by atoms with Crippen molar-refractivity contribution in [3.63, 3.8) is 0 Å². The van der Waals surface area contributed by atoms with Gasteiger partial charge in [0.2, 0.25) is 0 Å². The number of azo groups is 1. The summed E-state index contributed by atoms with van der Waals surface area (Å²) in [5, 5.41) is 27.9. The maximum atomic E-state index is 9.52. The predicted molar refractivity (Wildman–Crippen MR) is 76.9 cm³/mol. The molecule has 2 saturated carbocycles. The molecule has 2 aliphatic carbocycles. The maximum Gasteiger partial charge on any atom is 0.167 e. The summed E-state index contributed by atoms with van der Waals surface area (Å²) in [5.41, 5.74) is -1.32. The van der Waals surface area contributed by atoms with Crippen LogP contribution in [0.15, 0.2) is 10.2 Å². The summed E-state index contributed by atoms with van der Waals surface area (Å²) < 4.78 is 0. The maximum absolute atomic E-state index is 9.52. The van der Waals surface area contributed by atoms with Gasteiger partial charge in [0.1, 0.15) is 0 Å². The number of hydrogen-bond acceptors (Lipinski definition) is 4. The van der Waals surface area contributed by atoms with Crippen molar-refractivity contribution in [1.82, 2.24) is 0 Å². The van der Waals surface area contributed by atoms with Crippen LogP contribution in [0, 0.1) is 22.7 Å². The summed E-state index contributed by atoms with van der Waals surface area (Å²) in [7, 11) is 0. The zero-order valence-corrected chi connectivity index (χ0v) is 12.3. The summed E-state index contributed by atoms with van der Waals surface area (Å²) in [5.74, 6) is 0. The Morgan fingerprint density at radius 2 is 0.850 bits per heavy atom. The van der Waals surface area contributed by atoms with Gasteiger partial charge in [-0.05, 0) is 51.4 Å². The van der Waals surface area contributed by atoms with Crippen LogP contribution in [0.3, 0.4) is 0 Å². The van der Waals surface area contributed by atoms with Gasteiger partial charge in [-0.3, -0.25) is 0 Å². The highest BCUT2D eigenvalue weighted by molar-refractivity contribution is 5.11. The van der Waals surface area contributed by atoms with E-state index in [0.29, 0.717) is 0 Å². The molecule has 0 heterocycles. The van der Waals surface area contributed by atoms with Crippen LogP contribution in [-0.2, 0) is 0 Å². The predicted octanol–water partition coefficient (Wildman–Crippen LogP) is 4.67. The molecule has 0 radical (unpaired) electrons. The molecule has 0 unspecified atom stereocenters. The third-order valence-corrected chi connectivity index (χ3v) is 4.71. The Balaban J connectivity index is 2.15. The topological polar surface area (TPSA) is 72.3 Å². The average molecular weight is 272 g/mol. The Kier molecular flexibility index (Phi) is 5.12. The second kappa shape index (κ2) is 6.84. The molecule has 0 aromatic carbocycles. The first-order valence-electron chi connectivity index (χ1n) is 8.01. The lowest BCUT2D eigenvalue weighted by Crippen LogP contribution is -2.27. The van der Waals surface area contributed by atoms with Crippen molar-refractivity contribution in [3.8, 4) is 12.1 Å². The Morgan fingerprint density at radius 1 is 0.550 bits per heavy atom. The summed E-state index contributed by atoms with van der Waals surface area (Å²) in [4.78, 5) is 0. The standard InChI is InChI=1S/C16H24N4/c17-13-15(9-5-1-2-6-10-15)19-20-16(14-18)11-7-3-4-8-12-16/h1-12H2. The molecule has 0 bridgehead atoms. The van der Waals surface area contributed by atoms with Crippen LogP contribution >= 0.6 is 0 Å². The van der Waals surface area contributed by atoms with Gasteiger partial charge in [-0.15, -0.1) is 0 Å². The number of nitriles is 2. The number of hydrogen-bond donors (Lipinski definition) is 0. The van der Waals surface area contributed by atoms with Gasteiger partial charge in [-0.25, -0.2) is 0 Å². The van der Waals surface area contributed by atoms with E-state index < -0.39 is 11.1 Å². The van der Waals surface area contributed by atoms with E-state index in [9.17, 15) is 10.5 Å². The summed E-state index contributed by atoms with van der Waals surface area (Å²) in [6.45, 7) is 0. The van der Waals surface area contributed by atoms with E-state index in [1.807, 2.05) is 0 Å². The smallest absolute Gasteiger partial charge is 0.167 e. The lowest BCUT2D eigenvalue weighted by molar-refractivity contribution is 0.390. The third-order valence-electron chi connectivity index (χ3n) is 4.71. The Morgan fingerprint density at radius 3 is 1.10 bits per heavy atom. The minimum absolute atomic E-state index is 0.660. The third kappa shape index (κ3) is 3.57. The van der Waals surface area contributed by atoms with Gasteiger partial charge in [0.05, 0.1) is 12.1 Å². The molecule has 2 aliphatic rings. The molecular formula is C16H24N4. The molecule has 20 heavy (non-hydrogen) atoms. The van der Waals surface area contributed by atoms with Crippen LogP contribution in [0.25, 0.3) is 0 Å². The fourth-order valence-corrected chi connectivity index (χ4v) is 3.29. The minimum Gasteiger partial charge on any atom is -0.196 e. The summed E-state index contributed by atoms with van der Waals surface area (Å²) in [6.07, 6.45) is 12.1. The fourth-order valence-electron chi connectivity index (χ4n) is 3.29. The van der Waals surface area contributed by atoms with Gasteiger partial charge in [-0.1, -0.05) is 25.7 Å². The second-order valence-electron chi connectivity index (χ2n) is 6.32. The van der Waals surface area contributed by atoms with Crippen LogP contribution in [0.1, 0.15) is 77.0 Å². The SMILES string of the molecule is N#CC1(N=NC2(C#N)CCCCCC2)CCCCCC1. The quantitative estimate of drug-likeness (QED) is 0.541. The highest BCUT2D eigenvalue weighted by atomic mass is 15.2. The van der Waals surface area contributed by atoms with Crippen molar-refractivity contribution in [1.29, 1.82) is 10.5 Å². The molecule has 2 fully saturated rings. The first-order chi connectivity index (χ1) is 9.74. The van der Waals surface area contributed by atoms with E-state index in [0.717, 1.165) is 51.4 Å². The molecule has 4 nitrogen and oxygen atoms in total. The van der Waals surface area contributed by atoms with Crippen molar-refractivity contribution in [3.05, 3.63) is 0 Å². The number of nitrogens with zero attached hydrogens (tertiary/aromatic N) is 4. The van der Waals surface area contributed by atoms with Crippen LogP contribution in [0.2, 0.25) is 0 Å². The van der Waals surface area contributed by atoms with E-state index in [2.05, 4.69) is 22.4 Å². The van der Waals surface area contributed by atoms with E-state index in [1.165, 1.54) is 25.7 Å². The van der Waals surface area contributed by atoms with E-state index in [4.69, 9.17) is 0 Å². The van der Waals surface area contributed by atoms with Crippen LogP contribution in [0.5, 0.6) is 0 Å². The normalized spacial score (nSPS) is 26.1. The molecule has 0 aromatic heterocycles. The van der Waals surface area contributed by atoms with Gasteiger partial charge in [-0.2, -0.15) is 20.8 Å². The first kappa shape index (κ1) is 15.0. The van der Waals surface area contributed by atoms with E-state index in [-0.39, 0.29) is 0 Å². The largest absolute Gasteiger partial charge is 0.196 e.